The number of aliphatic hydroxyl groups is 1. The predicted molar refractivity (Wildman–Crippen MR) is 50.1 cm³/mol. The third kappa shape index (κ3) is 2.12. The fourth-order valence-electron chi connectivity index (χ4n) is 1.17. The zero-order chi connectivity index (χ0) is 11.5. The van der Waals surface area contributed by atoms with Crippen molar-refractivity contribution < 1.29 is 18.3 Å². The van der Waals surface area contributed by atoms with Crippen molar-refractivity contribution in [2.24, 2.45) is 0 Å². The maximum Gasteiger partial charge on any atom is 0.425 e. The van der Waals surface area contributed by atoms with Gasteiger partial charge in [0.1, 0.15) is 0 Å². The van der Waals surface area contributed by atoms with Crippen LogP contribution in [0.25, 0.3) is 0 Å². The second kappa shape index (κ2) is 3.93. The highest BCUT2D eigenvalue weighted by Gasteiger charge is 2.53. The Morgan fingerprint density at radius 2 is 1.73 bits per heavy atom. The van der Waals surface area contributed by atoms with Crippen LogP contribution in [0.1, 0.15) is 5.56 Å². The zero-order valence-corrected chi connectivity index (χ0v) is 7.75. The molecule has 1 aromatic rings. The van der Waals surface area contributed by atoms with Crippen molar-refractivity contribution in [2.75, 3.05) is 0 Å². The summed E-state index contributed by atoms with van der Waals surface area (Å²) in [5.41, 5.74) is -1.31. The van der Waals surface area contributed by atoms with E-state index in [-0.39, 0.29) is 5.56 Å². The fourth-order valence-corrected chi connectivity index (χ4v) is 1.17. The summed E-state index contributed by atoms with van der Waals surface area (Å²) in [6.07, 6.45) is -4.29. The first-order valence-electron chi connectivity index (χ1n) is 4.13. The minimum absolute atomic E-state index is 0.256. The first-order valence-corrected chi connectivity index (χ1v) is 4.13. The second-order valence-corrected chi connectivity index (χ2v) is 2.98. The minimum atomic E-state index is -4.79. The molecule has 0 aromatic heterocycles. The molecule has 1 aromatic carbocycles. The van der Waals surface area contributed by atoms with E-state index in [9.17, 15) is 18.3 Å². The number of alkyl halides is 3. The van der Waals surface area contributed by atoms with Gasteiger partial charge < -0.3 is 5.11 Å². The Hall–Kier alpha value is -1.51. The highest BCUT2D eigenvalue weighted by atomic mass is 19.4. The zero-order valence-electron chi connectivity index (χ0n) is 7.75. The van der Waals surface area contributed by atoms with Crippen LogP contribution < -0.4 is 0 Å². The standard InChI is InChI=1S/C11H9F3O/c1-2-8-10(15,11(12,13)14)9-6-4-3-5-7-9/h3-8,15H,1H2/t10-/m0/s1. The molecule has 0 saturated carbocycles. The molecule has 0 spiro atoms. The quantitative estimate of drug-likeness (QED) is 0.750. The van der Waals surface area contributed by atoms with Crippen molar-refractivity contribution in [1.29, 1.82) is 0 Å². The van der Waals surface area contributed by atoms with Crippen LogP contribution in [0.2, 0.25) is 0 Å². The van der Waals surface area contributed by atoms with Gasteiger partial charge in [-0.2, -0.15) is 13.2 Å². The van der Waals surface area contributed by atoms with Crippen LogP contribution in [0, 0.1) is 0 Å². The summed E-state index contributed by atoms with van der Waals surface area (Å²) in [7, 11) is 0. The lowest BCUT2D eigenvalue weighted by Gasteiger charge is -2.26. The molecule has 1 N–H and O–H groups in total. The first-order chi connectivity index (χ1) is 6.92. The Balaban J connectivity index is 3.32. The Morgan fingerprint density at radius 1 is 1.20 bits per heavy atom. The van der Waals surface area contributed by atoms with Gasteiger partial charge in [-0.05, 0) is 5.56 Å². The summed E-state index contributed by atoms with van der Waals surface area (Å²) in [5.74, 6) is 0. The van der Waals surface area contributed by atoms with E-state index in [2.05, 4.69) is 6.58 Å². The van der Waals surface area contributed by atoms with E-state index in [0.717, 1.165) is 0 Å². The van der Waals surface area contributed by atoms with Crippen LogP contribution >= 0.6 is 0 Å². The molecule has 0 amide bonds. The van der Waals surface area contributed by atoms with Crippen LogP contribution in [0.15, 0.2) is 48.7 Å². The van der Waals surface area contributed by atoms with E-state index in [1.54, 1.807) is 6.07 Å². The van der Waals surface area contributed by atoms with Crippen LogP contribution in [0.5, 0.6) is 0 Å². The molecule has 0 aliphatic heterocycles. The van der Waals surface area contributed by atoms with Gasteiger partial charge in [0.25, 0.3) is 0 Å². The molecule has 15 heavy (non-hydrogen) atoms. The largest absolute Gasteiger partial charge is 0.425 e. The topological polar surface area (TPSA) is 20.2 Å². The Kier molecular flexibility index (Phi) is 3.03. The van der Waals surface area contributed by atoms with E-state index < -0.39 is 11.8 Å². The molecule has 0 saturated heterocycles. The summed E-state index contributed by atoms with van der Waals surface area (Å²) in [6.45, 7) is 3.04. The summed E-state index contributed by atoms with van der Waals surface area (Å²) in [5, 5.41) is 9.54. The Bertz CT molecular complexity index is 377. The molecule has 0 unspecified atom stereocenters. The highest BCUT2D eigenvalue weighted by Crippen LogP contribution is 2.39. The molecule has 1 nitrogen and oxygen atoms in total. The van der Waals surface area contributed by atoms with Gasteiger partial charge in [0, 0.05) is 6.08 Å². The molecule has 4 heteroatoms. The Morgan fingerprint density at radius 3 is 2.13 bits per heavy atom. The number of benzene rings is 1. The summed E-state index contributed by atoms with van der Waals surface area (Å²) in [4.78, 5) is 0. The summed E-state index contributed by atoms with van der Waals surface area (Å²) >= 11 is 0. The third-order valence-corrected chi connectivity index (χ3v) is 1.96. The van der Waals surface area contributed by atoms with E-state index >= 15 is 0 Å². The average Bonchev–Trinajstić information content (AvgIpc) is 2.18. The number of hydrogen-bond acceptors (Lipinski definition) is 1. The van der Waals surface area contributed by atoms with Crippen molar-refractivity contribution in [3.63, 3.8) is 0 Å². The van der Waals surface area contributed by atoms with E-state index in [1.807, 2.05) is 5.73 Å². The highest BCUT2D eigenvalue weighted by molar-refractivity contribution is 5.29. The fraction of sp³-hybridized carbons (Fsp3) is 0.182. The lowest BCUT2D eigenvalue weighted by atomic mass is 9.93. The maximum absolute atomic E-state index is 12.6. The SMILES string of the molecule is C=C=C[C@](O)(c1ccccc1)C(F)(F)F. The first kappa shape index (κ1) is 11.6. The van der Waals surface area contributed by atoms with Gasteiger partial charge in [-0.1, -0.05) is 36.9 Å². The van der Waals surface area contributed by atoms with Gasteiger partial charge >= 0.3 is 6.18 Å². The van der Waals surface area contributed by atoms with Crippen molar-refractivity contribution in [3.05, 3.63) is 54.3 Å². The molecule has 0 aliphatic rings. The van der Waals surface area contributed by atoms with Gasteiger partial charge in [0.05, 0.1) is 0 Å². The molecular weight excluding hydrogens is 205 g/mol. The normalized spacial score (nSPS) is 15.2. The van der Waals surface area contributed by atoms with Crippen LogP contribution in [-0.2, 0) is 5.60 Å². The Labute approximate surface area is 85.2 Å². The monoisotopic (exact) mass is 214 g/mol. The van der Waals surface area contributed by atoms with Crippen LogP contribution in [0.3, 0.4) is 0 Å². The second-order valence-electron chi connectivity index (χ2n) is 2.98. The van der Waals surface area contributed by atoms with Crippen molar-refractivity contribution in [3.8, 4) is 0 Å². The smallest absolute Gasteiger partial charge is 0.372 e. The molecule has 0 aliphatic carbocycles. The lowest BCUT2D eigenvalue weighted by Crippen LogP contribution is -2.40. The maximum atomic E-state index is 12.6. The van der Waals surface area contributed by atoms with E-state index in [1.165, 1.54) is 24.3 Å². The third-order valence-electron chi connectivity index (χ3n) is 1.96. The molecule has 80 valence electrons. The van der Waals surface area contributed by atoms with Gasteiger partial charge in [0.2, 0.25) is 5.60 Å². The van der Waals surface area contributed by atoms with Gasteiger partial charge in [0.15, 0.2) is 0 Å². The molecule has 1 atom stereocenters. The summed E-state index contributed by atoms with van der Waals surface area (Å²) < 4.78 is 37.9. The van der Waals surface area contributed by atoms with Crippen LogP contribution in [-0.4, -0.2) is 11.3 Å². The summed E-state index contributed by atoms with van der Waals surface area (Å²) in [6, 6.07) is 6.80. The molecule has 0 heterocycles. The average molecular weight is 214 g/mol. The number of halogens is 3. The van der Waals surface area contributed by atoms with Gasteiger partial charge in [-0.25, -0.2) is 0 Å². The molecule has 0 fully saturated rings. The van der Waals surface area contributed by atoms with E-state index in [0.29, 0.717) is 6.08 Å². The molecule has 0 radical (unpaired) electrons. The molecular formula is C11H9F3O. The van der Waals surface area contributed by atoms with Crippen LogP contribution in [0.4, 0.5) is 13.2 Å². The molecule has 0 bridgehead atoms. The van der Waals surface area contributed by atoms with Gasteiger partial charge in [-0.15, -0.1) is 5.73 Å². The molecule has 1 rings (SSSR count). The lowest BCUT2D eigenvalue weighted by molar-refractivity contribution is -0.245. The van der Waals surface area contributed by atoms with Crippen molar-refractivity contribution in [2.45, 2.75) is 11.8 Å². The van der Waals surface area contributed by atoms with Crippen molar-refractivity contribution in [1.82, 2.24) is 0 Å². The van der Waals surface area contributed by atoms with Crippen molar-refractivity contribution >= 4 is 0 Å². The minimum Gasteiger partial charge on any atom is -0.372 e. The van der Waals surface area contributed by atoms with E-state index in [4.69, 9.17) is 0 Å². The number of hydrogen-bond donors (Lipinski definition) is 1. The number of rotatable bonds is 2. The predicted octanol–water partition coefficient (Wildman–Crippen LogP) is 2.78. The van der Waals surface area contributed by atoms with Gasteiger partial charge in [-0.3, -0.25) is 0 Å².